The van der Waals surface area contributed by atoms with Gasteiger partial charge >= 0.3 is 5.97 Å². The third kappa shape index (κ3) is 4.04. The molecule has 2 rings (SSSR count). The molecule has 0 atom stereocenters. The minimum Gasteiger partial charge on any atom is -0.480 e. The van der Waals surface area contributed by atoms with Crippen LogP contribution in [0, 0.1) is 13.8 Å². The fraction of sp³-hybridized carbons (Fsp3) is 0.500. The largest absolute Gasteiger partial charge is 0.480 e. The van der Waals surface area contributed by atoms with Crippen molar-refractivity contribution in [3.8, 4) is 0 Å². The van der Waals surface area contributed by atoms with Gasteiger partial charge in [0.05, 0.1) is 6.10 Å². The molecule has 1 fully saturated rings. The number of ether oxygens (including phenoxy) is 1. The SMILES string of the molecule is Cc1ccc(C(=O)N2CCC(OCC(=O)O)CC2)c(C)c1. The molecule has 1 heterocycles. The maximum Gasteiger partial charge on any atom is 0.329 e. The standard InChI is InChI=1S/C16H21NO4/c1-11-3-4-14(12(2)9-11)16(20)17-7-5-13(6-8-17)21-10-15(18)19/h3-4,9,13H,5-8,10H2,1-2H3,(H,18,19). The summed E-state index contributed by atoms with van der Waals surface area (Å²) in [5.74, 6) is -0.909. The first-order valence-electron chi connectivity index (χ1n) is 7.17. The summed E-state index contributed by atoms with van der Waals surface area (Å²) in [4.78, 5) is 24.8. The number of hydrogen-bond donors (Lipinski definition) is 1. The van der Waals surface area contributed by atoms with Gasteiger partial charge in [-0.05, 0) is 38.3 Å². The molecular weight excluding hydrogens is 270 g/mol. The normalized spacial score (nSPS) is 16.0. The Morgan fingerprint density at radius 3 is 2.52 bits per heavy atom. The van der Waals surface area contributed by atoms with Crippen LogP contribution in [0.15, 0.2) is 18.2 Å². The molecule has 1 saturated heterocycles. The van der Waals surface area contributed by atoms with Crippen LogP contribution in [0.3, 0.4) is 0 Å². The second kappa shape index (κ2) is 6.72. The number of likely N-dealkylation sites (tertiary alicyclic amines) is 1. The first-order valence-corrected chi connectivity index (χ1v) is 7.17. The lowest BCUT2D eigenvalue weighted by atomic mass is 10.0. The average Bonchev–Trinajstić information content (AvgIpc) is 2.45. The first-order chi connectivity index (χ1) is 9.97. The second-order valence-corrected chi connectivity index (χ2v) is 5.51. The molecule has 5 nitrogen and oxygen atoms in total. The number of carbonyl (C=O) groups is 2. The highest BCUT2D eigenvalue weighted by Crippen LogP contribution is 2.18. The predicted molar refractivity (Wildman–Crippen MR) is 78.4 cm³/mol. The zero-order valence-corrected chi connectivity index (χ0v) is 12.5. The molecule has 1 amide bonds. The van der Waals surface area contributed by atoms with Crippen molar-refractivity contribution in [2.24, 2.45) is 0 Å². The lowest BCUT2D eigenvalue weighted by molar-refractivity contribution is -0.145. The van der Waals surface area contributed by atoms with Crippen molar-refractivity contribution in [2.75, 3.05) is 19.7 Å². The maximum atomic E-state index is 12.5. The molecule has 0 aliphatic carbocycles. The van der Waals surface area contributed by atoms with E-state index in [2.05, 4.69) is 0 Å². The Hall–Kier alpha value is -1.88. The minimum absolute atomic E-state index is 0.0455. The molecule has 0 unspecified atom stereocenters. The van der Waals surface area contributed by atoms with Crippen molar-refractivity contribution in [3.63, 3.8) is 0 Å². The molecule has 0 aromatic heterocycles. The summed E-state index contributed by atoms with van der Waals surface area (Å²) in [6.07, 6.45) is 1.30. The van der Waals surface area contributed by atoms with Crippen LogP contribution in [-0.2, 0) is 9.53 Å². The minimum atomic E-state index is -0.955. The van der Waals surface area contributed by atoms with E-state index in [0.717, 1.165) is 16.7 Å². The molecule has 1 aliphatic rings. The molecule has 0 bridgehead atoms. The zero-order valence-electron chi connectivity index (χ0n) is 12.5. The highest BCUT2D eigenvalue weighted by Gasteiger charge is 2.25. The summed E-state index contributed by atoms with van der Waals surface area (Å²) >= 11 is 0. The van der Waals surface area contributed by atoms with Gasteiger partial charge in [-0.2, -0.15) is 0 Å². The molecule has 1 aliphatic heterocycles. The molecule has 114 valence electrons. The quantitative estimate of drug-likeness (QED) is 0.921. The summed E-state index contributed by atoms with van der Waals surface area (Å²) in [6, 6.07) is 5.83. The Morgan fingerprint density at radius 1 is 1.29 bits per heavy atom. The van der Waals surface area contributed by atoms with Crippen LogP contribution in [0.2, 0.25) is 0 Å². The van der Waals surface area contributed by atoms with Crippen molar-refractivity contribution < 1.29 is 19.4 Å². The summed E-state index contributed by atoms with van der Waals surface area (Å²) in [7, 11) is 0. The number of piperidine rings is 1. The number of amides is 1. The van der Waals surface area contributed by atoms with Crippen LogP contribution in [0.5, 0.6) is 0 Å². The number of hydrogen-bond acceptors (Lipinski definition) is 3. The average molecular weight is 291 g/mol. The van der Waals surface area contributed by atoms with Gasteiger partial charge in [-0.3, -0.25) is 4.79 Å². The molecule has 1 aromatic rings. The van der Waals surface area contributed by atoms with E-state index in [0.29, 0.717) is 25.9 Å². The highest BCUT2D eigenvalue weighted by molar-refractivity contribution is 5.95. The van der Waals surface area contributed by atoms with Crippen LogP contribution < -0.4 is 0 Å². The maximum absolute atomic E-state index is 12.5. The number of carboxylic acid groups (broad SMARTS) is 1. The van der Waals surface area contributed by atoms with Crippen LogP contribution in [0.1, 0.15) is 34.3 Å². The predicted octanol–water partition coefficient (Wildman–Crippen LogP) is 2.01. The van der Waals surface area contributed by atoms with Gasteiger partial charge in [-0.25, -0.2) is 4.79 Å². The Morgan fingerprint density at radius 2 is 1.95 bits per heavy atom. The smallest absolute Gasteiger partial charge is 0.329 e. The van der Waals surface area contributed by atoms with E-state index in [1.54, 1.807) is 0 Å². The van der Waals surface area contributed by atoms with E-state index < -0.39 is 5.97 Å². The molecule has 5 heteroatoms. The van der Waals surface area contributed by atoms with Crippen molar-refractivity contribution in [1.29, 1.82) is 0 Å². The number of carboxylic acids is 1. The van der Waals surface area contributed by atoms with Crippen LogP contribution in [-0.4, -0.2) is 47.7 Å². The van der Waals surface area contributed by atoms with Gasteiger partial charge in [0.1, 0.15) is 6.61 Å². The van der Waals surface area contributed by atoms with Gasteiger partial charge in [0, 0.05) is 18.7 Å². The fourth-order valence-electron chi connectivity index (χ4n) is 2.64. The molecule has 0 radical (unpaired) electrons. The molecule has 21 heavy (non-hydrogen) atoms. The lowest BCUT2D eigenvalue weighted by Crippen LogP contribution is -2.41. The van der Waals surface area contributed by atoms with E-state index in [1.165, 1.54) is 0 Å². The second-order valence-electron chi connectivity index (χ2n) is 5.51. The number of aliphatic carboxylic acids is 1. The van der Waals surface area contributed by atoms with E-state index in [1.807, 2.05) is 36.9 Å². The van der Waals surface area contributed by atoms with E-state index in [-0.39, 0.29) is 18.6 Å². The number of rotatable bonds is 4. The third-order valence-electron chi connectivity index (χ3n) is 3.78. The van der Waals surface area contributed by atoms with Gasteiger partial charge < -0.3 is 14.7 Å². The van der Waals surface area contributed by atoms with E-state index in [9.17, 15) is 9.59 Å². The van der Waals surface area contributed by atoms with Gasteiger partial charge in [-0.15, -0.1) is 0 Å². The Balaban J connectivity index is 1.92. The number of nitrogens with zero attached hydrogens (tertiary/aromatic N) is 1. The van der Waals surface area contributed by atoms with Crippen molar-refractivity contribution in [2.45, 2.75) is 32.8 Å². The number of aryl methyl sites for hydroxylation is 2. The molecular formula is C16H21NO4. The summed E-state index contributed by atoms with van der Waals surface area (Å²) in [6.45, 7) is 4.90. The number of benzene rings is 1. The molecule has 1 aromatic carbocycles. The first kappa shape index (κ1) is 15.5. The van der Waals surface area contributed by atoms with Crippen molar-refractivity contribution in [3.05, 3.63) is 34.9 Å². The summed E-state index contributed by atoms with van der Waals surface area (Å²) < 4.78 is 5.28. The topological polar surface area (TPSA) is 66.8 Å². The summed E-state index contributed by atoms with van der Waals surface area (Å²) in [5, 5.41) is 8.60. The molecule has 0 saturated carbocycles. The van der Waals surface area contributed by atoms with E-state index in [4.69, 9.17) is 9.84 Å². The Kier molecular flexibility index (Phi) is 4.96. The van der Waals surface area contributed by atoms with Gasteiger partial charge in [0.25, 0.3) is 5.91 Å². The van der Waals surface area contributed by atoms with Gasteiger partial charge in [0.15, 0.2) is 0 Å². The van der Waals surface area contributed by atoms with Crippen LogP contribution >= 0.6 is 0 Å². The zero-order chi connectivity index (χ0) is 15.4. The van der Waals surface area contributed by atoms with Gasteiger partial charge in [-0.1, -0.05) is 17.7 Å². The lowest BCUT2D eigenvalue weighted by Gasteiger charge is -2.32. The van der Waals surface area contributed by atoms with Crippen molar-refractivity contribution in [1.82, 2.24) is 4.90 Å². The third-order valence-corrected chi connectivity index (χ3v) is 3.78. The Labute approximate surface area is 124 Å². The van der Waals surface area contributed by atoms with E-state index >= 15 is 0 Å². The summed E-state index contributed by atoms with van der Waals surface area (Å²) in [5.41, 5.74) is 2.87. The molecule has 1 N–H and O–H groups in total. The molecule has 0 spiro atoms. The van der Waals surface area contributed by atoms with Crippen LogP contribution in [0.25, 0.3) is 0 Å². The monoisotopic (exact) mass is 291 g/mol. The highest BCUT2D eigenvalue weighted by atomic mass is 16.5. The van der Waals surface area contributed by atoms with Crippen molar-refractivity contribution >= 4 is 11.9 Å². The Bertz CT molecular complexity index is 533. The van der Waals surface area contributed by atoms with Crippen LogP contribution in [0.4, 0.5) is 0 Å². The number of carbonyl (C=O) groups excluding carboxylic acids is 1. The van der Waals surface area contributed by atoms with Gasteiger partial charge in [0.2, 0.25) is 0 Å². The fourth-order valence-corrected chi connectivity index (χ4v) is 2.64.